The minimum atomic E-state index is 0. The molecule has 5 heteroatoms. The maximum Gasteiger partial charge on any atom is 0.223 e. The lowest BCUT2D eigenvalue weighted by atomic mass is 10.1. The molecule has 0 aliphatic rings. The Morgan fingerprint density at radius 1 is 1.24 bits per heavy atom. The normalized spacial score (nSPS) is 11.4. The van der Waals surface area contributed by atoms with Crippen molar-refractivity contribution in [2.24, 2.45) is 0 Å². The molecule has 0 spiro atoms. The Bertz CT molecular complexity index is 418. The van der Waals surface area contributed by atoms with Crippen molar-refractivity contribution in [1.82, 2.24) is 10.6 Å². The first-order chi connectivity index (χ1) is 9.51. The first-order valence-corrected chi connectivity index (χ1v) is 7.22. The molecule has 2 N–H and O–H groups in total. The number of hydrogen-bond acceptors (Lipinski definition) is 3. The third-order valence-corrected chi connectivity index (χ3v) is 2.95. The molecule has 0 aromatic heterocycles. The van der Waals surface area contributed by atoms with E-state index in [4.69, 9.17) is 4.74 Å². The molecule has 0 fully saturated rings. The monoisotopic (exact) mass is 314 g/mol. The molecule has 0 unspecified atom stereocenters. The second kappa shape index (κ2) is 10.5. The van der Waals surface area contributed by atoms with E-state index in [9.17, 15) is 4.79 Å². The molecule has 0 saturated carbocycles. The lowest BCUT2D eigenvalue weighted by Crippen LogP contribution is -2.39. The second-order valence-electron chi connectivity index (χ2n) is 5.18. The van der Waals surface area contributed by atoms with E-state index in [1.165, 1.54) is 11.1 Å². The third kappa shape index (κ3) is 8.58. The van der Waals surface area contributed by atoms with E-state index in [0.717, 1.165) is 12.3 Å². The SMILES string of the molecule is CCN[C@H](C)CNC(=O)CCOc1cc(C)cc(C)c1.Cl. The highest BCUT2D eigenvalue weighted by Crippen LogP contribution is 2.16. The van der Waals surface area contributed by atoms with Crippen LogP contribution < -0.4 is 15.4 Å². The summed E-state index contributed by atoms with van der Waals surface area (Å²) in [7, 11) is 0. The van der Waals surface area contributed by atoms with Crippen molar-refractivity contribution in [2.45, 2.75) is 40.2 Å². The van der Waals surface area contributed by atoms with E-state index >= 15 is 0 Å². The van der Waals surface area contributed by atoms with Crippen LogP contribution in [0.15, 0.2) is 18.2 Å². The predicted molar refractivity (Wildman–Crippen MR) is 89.4 cm³/mol. The largest absolute Gasteiger partial charge is 0.493 e. The summed E-state index contributed by atoms with van der Waals surface area (Å²) in [6, 6.07) is 6.36. The van der Waals surface area contributed by atoms with Gasteiger partial charge in [0.2, 0.25) is 5.91 Å². The minimum absolute atomic E-state index is 0. The van der Waals surface area contributed by atoms with Crippen LogP contribution in [0.1, 0.15) is 31.4 Å². The van der Waals surface area contributed by atoms with Crippen LogP contribution in [-0.2, 0) is 4.79 Å². The van der Waals surface area contributed by atoms with E-state index in [1.807, 2.05) is 26.0 Å². The molecule has 0 saturated heterocycles. The molecule has 4 nitrogen and oxygen atoms in total. The fourth-order valence-corrected chi connectivity index (χ4v) is 2.05. The number of likely N-dealkylation sites (N-methyl/N-ethyl adjacent to an activating group) is 1. The van der Waals surface area contributed by atoms with Crippen LogP contribution in [0, 0.1) is 13.8 Å². The Labute approximate surface area is 134 Å². The van der Waals surface area contributed by atoms with E-state index in [-0.39, 0.29) is 18.3 Å². The molecule has 1 rings (SSSR count). The van der Waals surface area contributed by atoms with Crippen LogP contribution in [0.4, 0.5) is 0 Å². The summed E-state index contributed by atoms with van der Waals surface area (Å²) < 4.78 is 5.62. The van der Waals surface area contributed by atoms with Gasteiger partial charge in [-0.15, -0.1) is 12.4 Å². The zero-order valence-corrected chi connectivity index (χ0v) is 14.2. The van der Waals surface area contributed by atoms with Crippen molar-refractivity contribution >= 4 is 18.3 Å². The molecule has 120 valence electrons. The maximum absolute atomic E-state index is 11.7. The third-order valence-electron chi connectivity index (χ3n) is 2.95. The average Bonchev–Trinajstić information content (AvgIpc) is 2.35. The molecular formula is C16H27ClN2O2. The van der Waals surface area contributed by atoms with Gasteiger partial charge in [-0.3, -0.25) is 4.79 Å². The number of carbonyl (C=O) groups excluding carboxylic acids is 1. The van der Waals surface area contributed by atoms with Gasteiger partial charge in [0.1, 0.15) is 5.75 Å². The number of hydrogen-bond donors (Lipinski definition) is 2. The van der Waals surface area contributed by atoms with Gasteiger partial charge >= 0.3 is 0 Å². The van der Waals surface area contributed by atoms with E-state index in [1.54, 1.807) is 0 Å². The fraction of sp³-hybridized carbons (Fsp3) is 0.562. The lowest BCUT2D eigenvalue weighted by Gasteiger charge is -2.13. The van der Waals surface area contributed by atoms with Crippen molar-refractivity contribution in [1.29, 1.82) is 0 Å². The summed E-state index contributed by atoms with van der Waals surface area (Å²) >= 11 is 0. The quantitative estimate of drug-likeness (QED) is 0.775. The van der Waals surface area contributed by atoms with Crippen molar-refractivity contribution in [3.05, 3.63) is 29.3 Å². The van der Waals surface area contributed by atoms with Gasteiger partial charge in [0.25, 0.3) is 0 Å². The predicted octanol–water partition coefficient (Wildman–Crippen LogP) is 2.61. The molecular weight excluding hydrogens is 288 g/mol. The minimum Gasteiger partial charge on any atom is -0.493 e. The number of carbonyl (C=O) groups is 1. The van der Waals surface area contributed by atoms with Gasteiger partial charge in [-0.2, -0.15) is 0 Å². The van der Waals surface area contributed by atoms with Crippen LogP contribution in [0.5, 0.6) is 5.75 Å². The van der Waals surface area contributed by atoms with Crippen LogP contribution in [0.25, 0.3) is 0 Å². The van der Waals surface area contributed by atoms with Gasteiger partial charge in [0, 0.05) is 12.6 Å². The molecule has 0 aliphatic heterocycles. The number of aryl methyl sites for hydroxylation is 2. The smallest absolute Gasteiger partial charge is 0.223 e. The zero-order valence-electron chi connectivity index (χ0n) is 13.4. The Hall–Kier alpha value is -1.26. The number of halogens is 1. The van der Waals surface area contributed by atoms with Crippen LogP contribution in [0.3, 0.4) is 0 Å². The van der Waals surface area contributed by atoms with Gasteiger partial charge in [-0.05, 0) is 50.6 Å². The standard InChI is InChI=1S/C16H26N2O2.ClH/c1-5-17-14(4)11-18-16(19)6-7-20-15-9-12(2)8-13(3)10-15;/h8-10,14,17H,5-7,11H2,1-4H3,(H,18,19);1H/t14-;/m1./s1. The summed E-state index contributed by atoms with van der Waals surface area (Å²) in [6.45, 7) is 10.1. The number of rotatable bonds is 8. The van der Waals surface area contributed by atoms with Gasteiger partial charge in [-0.25, -0.2) is 0 Å². The van der Waals surface area contributed by atoms with Crippen LogP contribution in [-0.4, -0.2) is 31.6 Å². The molecule has 0 bridgehead atoms. The van der Waals surface area contributed by atoms with Crippen LogP contribution >= 0.6 is 12.4 Å². The van der Waals surface area contributed by atoms with Crippen molar-refractivity contribution in [3.63, 3.8) is 0 Å². The summed E-state index contributed by atoms with van der Waals surface area (Å²) in [4.78, 5) is 11.7. The van der Waals surface area contributed by atoms with Gasteiger partial charge in [0.05, 0.1) is 13.0 Å². The molecule has 0 aliphatic carbocycles. The van der Waals surface area contributed by atoms with Crippen molar-refractivity contribution < 1.29 is 9.53 Å². The van der Waals surface area contributed by atoms with Gasteiger partial charge in [-0.1, -0.05) is 13.0 Å². The Balaban J connectivity index is 0.00000400. The molecule has 1 aromatic carbocycles. The van der Waals surface area contributed by atoms with E-state index in [0.29, 0.717) is 25.6 Å². The van der Waals surface area contributed by atoms with Crippen LogP contribution in [0.2, 0.25) is 0 Å². The van der Waals surface area contributed by atoms with Crippen molar-refractivity contribution in [3.8, 4) is 5.75 Å². The second-order valence-corrected chi connectivity index (χ2v) is 5.18. The van der Waals surface area contributed by atoms with E-state index in [2.05, 4.69) is 30.5 Å². The summed E-state index contributed by atoms with van der Waals surface area (Å²) in [5.74, 6) is 0.857. The lowest BCUT2D eigenvalue weighted by molar-refractivity contribution is -0.121. The molecule has 1 aromatic rings. The molecule has 1 atom stereocenters. The fourth-order valence-electron chi connectivity index (χ4n) is 2.05. The highest BCUT2D eigenvalue weighted by Gasteiger charge is 2.05. The number of nitrogens with one attached hydrogen (secondary N) is 2. The molecule has 21 heavy (non-hydrogen) atoms. The number of benzene rings is 1. The summed E-state index contributed by atoms with van der Waals surface area (Å²) in [6.07, 6.45) is 0.381. The summed E-state index contributed by atoms with van der Waals surface area (Å²) in [5.41, 5.74) is 2.34. The summed E-state index contributed by atoms with van der Waals surface area (Å²) in [5, 5.41) is 6.14. The van der Waals surface area contributed by atoms with Gasteiger partial charge < -0.3 is 15.4 Å². The molecule has 1 amide bonds. The van der Waals surface area contributed by atoms with E-state index < -0.39 is 0 Å². The number of ether oxygens (including phenoxy) is 1. The Morgan fingerprint density at radius 3 is 2.43 bits per heavy atom. The first-order valence-electron chi connectivity index (χ1n) is 7.22. The van der Waals surface area contributed by atoms with Gasteiger partial charge in [0.15, 0.2) is 0 Å². The zero-order chi connectivity index (χ0) is 15.0. The highest BCUT2D eigenvalue weighted by atomic mass is 35.5. The molecule has 0 radical (unpaired) electrons. The molecule has 0 heterocycles. The van der Waals surface area contributed by atoms with Crippen molar-refractivity contribution in [2.75, 3.05) is 19.7 Å². The number of amides is 1. The average molecular weight is 315 g/mol. The maximum atomic E-state index is 11.7. The first kappa shape index (κ1) is 19.7. The highest BCUT2D eigenvalue weighted by molar-refractivity contribution is 5.85. The topological polar surface area (TPSA) is 50.4 Å². The Kier molecular flexibility index (Phi) is 9.84. The Morgan fingerprint density at radius 2 is 1.86 bits per heavy atom.